The highest BCUT2D eigenvalue weighted by Gasteiger charge is 2.40. The van der Waals surface area contributed by atoms with Gasteiger partial charge in [0, 0.05) is 24.9 Å². The summed E-state index contributed by atoms with van der Waals surface area (Å²) in [6.45, 7) is 2.18. The van der Waals surface area contributed by atoms with Gasteiger partial charge in [-0.05, 0) is 19.3 Å². The second kappa shape index (κ2) is 5.01. The minimum absolute atomic E-state index is 0.258. The van der Waals surface area contributed by atoms with E-state index in [-0.39, 0.29) is 6.04 Å². The van der Waals surface area contributed by atoms with E-state index in [2.05, 4.69) is 17.7 Å². The van der Waals surface area contributed by atoms with Crippen molar-refractivity contribution >= 4 is 5.78 Å². The summed E-state index contributed by atoms with van der Waals surface area (Å²) in [6, 6.07) is 1.13. The largest absolute Gasteiger partial charge is 0.300 e. The second-order valence-corrected chi connectivity index (χ2v) is 5.10. The third kappa shape index (κ3) is 2.15. The average Bonchev–Trinajstić information content (AvgIpc) is 2.25. The first-order chi connectivity index (χ1) is 7.76. The highest BCUT2D eigenvalue weighted by molar-refractivity contribution is 5.80. The first-order valence-corrected chi connectivity index (χ1v) is 6.51. The molecular weight excluding hydrogens is 198 g/mol. The van der Waals surface area contributed by atoms with Crippen LogP contribution in [0.2, 0.25) is 0 Å². The molecule has 3 unspecified atom stereocenters. The molecule has 2 nitrogen and oxygen atoms in total. The van der Waals surface area contributed by atoms with Crippen LogP contribution in [0.1, 0.15) is 51.9 Å². The normalized spacial score (nSPS) is 32.1. The fraction of sp³-hybridized carbons (Fsp3) is 0.786. The molecule has 0 N–H and O–H groups in total. The Bertz CT molecular complexity index is 288. The molecule has 0 aromatic carbocycles. The SMILES string of the molecule is C#CC(CCC)N1C2CCCC1CC(=O)C2. The van der Waals surface area contributed by atoms with Gasteiger partial charge in [-0.25, -0.2) is 0 Å². The maximum atomic E-state index is 11.6. The number of Topliss-reactive ketones (excluding diaryl/α,β-unsaturated/α-hetero) is 1. The molecule has 2 saturated heterocycles. The molecule has 0 aromatic rings. The number of ketones is 1. The van der Waals surface area contributed by atoms with E-state index in [1.165, 1.54) is 6.42 Å². The Morgan fingerprint density at radius 3 is 2.56 bits per heavy atom. The van der Waals surface area contributed by atoms with Gasteiger partial charge in [-0.1, -0.05) is 25.7 Å². The Balaban J connectivity index is 2.13. The smallest absolute Gasteiger partial charge is 0.136 e. The highest BCUT2D eigenvalue weighted by atomic mass is 16.1. The van der Waals surface area contributed by atoms with Crippen LogP contribution in [-0.2, 0) is 4.79 Å². The maximum Gasteiger partial charge on any atom is 0.136 e. The first-order valence-electron chi connectivity index (χ1n) is 6.51. The molecule has 2 bridgehead atoms. The lowest BCUT2D eigenvalue weighted by atomic mass is 9.82. The Hall–Kier alpha value is -0.810. The van der Waals surface area contributed by atoms with Gasteiger partial charge in [0.1, 0.15) is 5.78 Å². The van der Waals surface area contributed by atoms with E-state index in [1.54, 1.807) is 0 Å². The predicted octanol–water partition coefficient (Wildman–Crippen LogP) is 2.37. The zero-order valence-electron chi connectivity index (χ0n) is 10.1. The summed E-state index contributed by atoms with van der Waals surface area (Å²) in [6.07, 6.45) is 12.9. The van der Waals surface area contributed by atoms with Crippen molar-refractivity contribution in [1.82, 2.24) is 4.90 Å². The summed E-state index contributed by atoms with van der Waals surface area (Å²) in [5.74, 6) is 3.37. The van der Waals surface area contributed by atoms with E-state index in [1.807, 2.05) is 0 Å². The van der Waals surface area contributed by atoms with Gasteiger partial charge in [0.25, 0.3) is 0 Å². The Morgan fingerprint density at radius 1 is 1.44 bits per heavy atom. The number of hydrogen-bond donors (Lipinski definition) is 0. The lowest BCUT2D eigenvalue weighted by Gasteiger charge is -2.48. The van der Waals surface area contributed by atoms with E-state index < -0.39 is 0 Å². The van der Waals surface area contributed by atoms with Crippen LogP contribution in [0.25, 0.3) is 0 Å². The summed E-state index contributed by atoms with van der Waals surface area (Å²) >= 11 is 0. The molecule has 3 atom stereocenters. The molecule has 0 aliphatic carbocycles. The quantitative estimate of drug-likeness (QED) is 0.679. The van der Waals surface area contributed by atoms with E-state index in [9.17, 15) is 4.79 Å². The molecule has 0 spiro atoms. The van der Waals surface area contributed by atoms with Gasteiger partial charge in [0.05, 0.1) is 6.04 Å². The van der Waals surface area contributed by atoms with Gasteiger partial charge in [-0.2, -0.15) is 0 Å². The van der Waals surface area contributed by atoms with Crippen LogP contribution in [0.3, 0.4) is 0 Å². The molecule has 0 saturated carbocycles. The standard InChI is InChI=1S/C14H21NO/c1-3-6-11(4-2)15-12-7-5-8-13(15)10-14(16)9-12/h2,11-13H,3,5-10H2,1H3. The third-order valence-electron chi connectivity index (χ3n) is 3.96. The number of nitrogens with zero attached hydrogens (tertiary/aromatic N) is 1. The van der Waals surface area contributed by atoms with Crippen molar-refractivity contribution < 1.29 is 4.79 Å². The van der Waals surface area contributed by atoms with E-state index >= 15 is 0 Å². The van der Waals surface area contributed by atoms with Gasteiger partial charge in [-0.3, -0.25) is 9.69 Å². The number of fused-ring (bicyclic) bond motifs is 2. The van der Waals surface area contributed by atoms with Crippen molar-refractivity contribution in [2.24, 2.45) is 0 Å². The van der Waals surface area contributed by atoms with E-state index in [4.69, 9.17) is 6.42 Å². The van der Waals surface area contributed by atoms with Gasteiger partial charge < -0.3 is 0 Å². The summed E-state index contributed by atoms with van der Waals surface area (Å²) in [5, 5.41) is 0. The minimum atomic E-state index is 0.258. The Morgan fingerprint density at radius 2 is 2.06 bits per heavy atom. The predicted molar refractivity (Wildman–Crippen MR) is 65.0 cm³/mol. The van der Waals surface area contributed by atoms with Crippen molar-refractivity contribution in [1.29, 1.82) is 0 Å². The van der Waals surface area contributed by atoms with Crippen LogP contribution in [-0.4, -0.2) is 28.8 Å². The van der Waals surface area contributed by atoms with E-state index in [0.29, 0.717) is 17.9 Å². The number of carbonyl (C=O) groups excluding carboxylic acids is 1. The minimum Gasteiger partial charge on any atom is -0.300 e. The molecule has 88 valence electrons. The number of hydrogen-bond acceptors (Lipinski definition) is 2. The number of carbonyl (C=O) groups is 1. The van der Waals surface area contributed by atoms with Gasteiger partial charge in [0.15, 0.2) is 0 Å². The molecule has 16 heavy (non-hydrogen) atoms. The molecule has 0 amide bonds. The third-order valence-corrected chi connectivity index (χ3v) is 3.96. The van der Waals surface area contributed by atoms with Crippen molar-refractivity contribution in [2.75, 3.05) is 0 Å². The van der Waals surface area contributed by atoms with Crippen molar-refractivity contribution in [3.8, 4) is 12.3 Å². The average molecular weight is 219 g/mol. The molecule has 2 aliphatic heterocycles. The summed E-state index contributed by atoms with van der Waals surface area (Å²) in [7, 11) is 0. The summed E-state index contributed by atoms with van der Waals surface area (Å²) in [4.78, 5) is 14.1. The fourth-order valence-corrected chi connectivity index (χ4v) is 3.31. The zero-order valence-corrected chi connectivity index (χ0v) is 10.1. The van der Waals surface area contributed by atoms with E-state index in [0.717, 1.165) is 38.5 Å². The van der Waals surface area contributed by atoms with Crippen molar-refractivity contribution in [3.63, 3.8) is 0 Å². The molecule has 0 aromatic heterocycles. The summed E-state index contributed by atoms with van der Waals surface area (Å²) < 4.78 is 0. The van der Waals surface area contributed by atoms with Crippen molar-refractivity contribution in [3.05, 3.63) is 0 Å². The monoisotopic (exact) mass is 219 g/mol. The topological polar surface area (TPSA) is 20.3 Å². The molecule has 2 rings (SSSR count). The Labute approximate surface area is 98.4 Å². The Kier molecular flexibility index (Phi) is 3.66. The van der Waals surface area contributed by atoms with Gasteiger partial charge in [0.2, 0.25) is 0 Å². The number of terminal acetylenes is 1. The number of piperidine rings is 2. The van der Waals surface area contributed by atoms with Crippen LogP contribution in [0.4, 0.5) is 0 Å². The fourth-order valence-electron chi connectivity index (χ4n) is 3.31. The molecule has 2 heterocycles. The van der Waals surface area contributed by atoms with Crippen LogP contribution in [0.15, 0.2) is 0 Å². The highest BCUT2D eigenvalue weighted by Crippen LogP contribution is 2.34. The van der Waals surface area contributed by atoms with Crippen molar-refractivity contribution in [2.45, 2.75) is 70.0 Å². The van der Waals surface area contributed by atoms with Crippen LogP contribution < -0.4 is 0 Å². The van der Waals surface area contributed by atoms with Crippen LogP contribution >= 0.6 is 0 Å². The lowest BCUT2D eigenvalue weighted by molar-refractivity contribution is -0.128. The lowest BCUT2D eigenvalue weighted by Crippen LogP contribution is -2.56. The summed E-state index contributed by atoms with van der Waals surface area (Å²) in [5.41, 5.74) is 0. The van der Waals surface area contributed by atoms with Gasteiger partial charge in [-0.15, -0.1) is 6.42 Å². The number of rotatable bonds is 3. The second-order valence-electron chi connectivity index (χ2n) is 5.10. The maximum absolute atomic E-state index is 11.6. The molecule has 2 fully saturated rings. The van der Waals surface area contributed by atoms with Crippen LogP contribution in [0, 0.1) is 12.3 Å². The molecule has 2 heteroatoms. The zero-order chi connectivity index (χ0) is 11.5. The molecule has 2 aliphatic rings. The van der Waals surface area contributed by atoms with Crippen LogP contribution in [0.5, 0.6) is 0 Å². The molecule has 0 radical (unpaired) electrons. The van der Waals surface area contributed by atoms with Gasteiger partial charge >= 0.3 is 0 Å². The molecular formula is C14H21NO. The first kappa shape index (κ1) is 11.7.